The molecule has 0 aliphatic rings. The smallest absolute Gasteiger partial charge is 0.371 e. The van der Waals surface area contributed by atoms with Gasteiger partial charge in [-0.05, 0) is 31.2 Å². The average Bonchev–Trinajstić information content (AvgIpc) is 2.87. The van der Waals surface area contributed by atoms with Crippen LogP contribution in [0.15, 0.2) is 34.9 Å². The van der Waals surface area contributed by atoms with E-state index in [1.807, 2.05) is 19.1 Å². The van der Waals surface area contributed by atoms with Crippen molar-refractivity contribution in [1.82, 2.24) is 15.5 Å². The Morgan fingerprint density at radius 3 is 2.94 bits per heavy atom. The van der Waals surface area contributed by atoms with Gasteiger partial charge in [-0.15, -0.1) is 0 Å². The lowest BCUT2D eigenvalue weighted by molar-refractivity contribution is 0.0659. The van der Waals surface area contributed by atoms with Crippen LogP contribution in [0.4, 0.5) is 0 Å². The fraction of sp³-hybridized carbons (Fsp3) is 0.250. The van der Waals surface area contributed by atoms with Crippen LogP contribution in [0.5, 0.6) is 0 Å². The van der Waals surface area contributed by atoms with Crippen molar-refractivity contribution >= 4 is 5.97 Å². The fourth-order valence-electron chi connectivity index (χ4n) is 1.49. The van der Waals surface area contributed by atoms with E-state index in [0.29, 0.717) is 12.3 Å². The van der Waals surface area contributed by atoms with Gasteiger partial charge in [0.15, 0.2) is 0 Å². The van der Waals surface area contributed by atoms with Crippen molar-refractivity contribution in [3.05, 3.63) is 47.7 Å². The number of hydrogen-bond donors (Lipinski definition) is 2. The lowest BCUT2D eigenvalue weighted by atomic mass is 10.2. The standard InChI is InChI=1S/C12H13N3O3/c1-8(10-4-5-11(18-10)12(16)17)13-7-9-3-2-6-14-15-9/h2-6,8,13H,7H2,1H3,(H,16,17). The minimum absolute atomic E-state index is 0.0573. The summed E-state index contributed by atoms with van der Waals surface area (Å²) in [5.41, 5.74) is 0.814. The van der Waals surface area contributed by atoms with Gasteiger partial charge in [-0.1, -0.05) is 0 Å². The van der Waals surface area contributed by atoms with Crippen LogP contribution >= 0.6 is 0 Å². The molecule has 0 aliphatic carbocycles. The number of carbonyl (C=O) groups is 1. The van der Waals surface area contributed by atoms with Gasteiger partial charge in [0.1, 0.15) is 5.76 Å². The summed E-state index contributed by atoms with van der Waals surface area (Å²) >= 11 is 0. The van der Waals surface area contributed by atoms with Crippen LogP contribution in [0, 0.1) is 0 Å². The summed E-state index contributed by atoms with van der Waals surface area (Å²) < 4.78 is 5.20. The number of carboxylic acid groups (broad SMARTS) is 1. The summed E-state index contributed by atoms with van der Waals surface area (Å²) in [6, 6.07) is 6.66. The van der Waals surface area contributed by atoms with Crippen molar-refractivity contribution in [3.8, 4) is 0 Å². The maximum Gasteiger partial charge on any atom is 0.371 e. The molecule has 2 aromatic heterocycles. The van der Waals surface area contributed by atoms with Crippen LogP contribution in [0.1, 0.15) is 35.0 Å². The molecule has 2 N–H and O–H groups in total. The van der Waals surface area contributed by atoms with Gasteiger partial charge in [0.25, 0.3) is 0 Å². The Balaban J connectivity index is 1.95. The summed E-state index contributed by atoms with van der Waals surface area (Å²) in [7, 11) is 0. The zero-order chi connectivity index (χ0) is 13.0. The predicted octanol–water partition coefficient (Wildman–Crippen LogP) is 1.62. The third-order valence-electron chi connectivity index (χ3n) is 2.48. The van der Waals surface area contributed by atoms with E-state index in [2.05, 4.69) is 15.5 Å². The van der Waals surface area contributed by atoms with E-state index in [0.717, 1.165) is 5.69 Å². The molecule has 0 fully saturated rings. The average molecular weight is 247 g/mol. The van der Waals surface area contributed by atoms with E-state index in [4.69, 9.17) is 9.52 Å². The summed E-state index contributed by atoms with van der Waals surface area (Å²) in [6.07, 6.45) is 1.61. The van der Waals surface area contributed by atoms with E-state index < -0.39 is 5.97 Å². The van der Waals surface area contributed by atoms with Gasteiger partial charge in [-0.25, -0.2) is 4.79 Å². The van der Waals surface area contributed by atoms with Gasteiger partial charge in [-0.2, -0.15) is 10.2 Å². The third kappa shape index (κ3) is 2.92. The molecule has 18 heavy (non-hydrogen) atoms. The molecular formula is C12H13N3O3. The Kier molecular flexibility index (Phi) is 3.69. The van der Waals surface area contributed by atoms with Crippen LogP contribution in [0.3, 0.4) is 0 Å². The highest BCUT2D eigenvalue weighted by Crippen LogP contribution is 2.16. The monoisotopic (exact) mass is 247 g/mol. The summed E-state index contributed by atoms with van der Waals surface area (Å²) in [5.74, 6) is -0.545. The van der Waals surface area contributed by atoms with Gasteiger partial charge in [-0.3, -0.25) is 0 Å². The number of carboxylic acids is 1. The largest absolute Gasteiger partial charge is 0.475 e. The number of aromatic carboxylic acids is 1. The Bertz CT molecular complexity index is 524. The van der Waals surface area contributed by atoms with E-state index >= 15 is 0 Å². The van der Waals surface area contributed by atoms with Crippen molar-refractivity contribution in [1.29, 1.82) is 0 Å². The van der Waals surface area contributed by atoms with Gasteiger partial charge < -0.3 is 14.8 Å². The summed E-state index contributed by atoms with van der Waals surface area (Å²) in [4.78, 5) is 10.7. The molecule has 2 heterocycles. The second-order valence-corrected chi connectivity index (χ2v) is 3.82. The zero-order valence-electron chi connectivity index (χ0n) is 9.83. The van der Waals surface area contributed by atoms with Crippen molar-refractivity contribution in [2.45, 2.75) is 19.5 Å². The summed E-state index contributed by atoms with van der Waals surface area (Å²) in [5, 5.41) is 19.6. The first-order valence-corrected chi connectivity index (χ1v) is 5.50. The Labute approximate surface area is 104 Å². The van der Waals surface area contributed by atoms with Gasteiger partial charge in [0.2, 0.25) is 5.76 Å². The second kappa shape index (κ2) is 5.42. The number of rotatable bonds is 5. The summed E-state index contributed by atoms with van der Waals surface area (Å²) in [6.45, 7) is 2.43. The van der Waals surface area contributed by atoms with Crippen molar-refractivity contribution in [2.24, 2.45) is 0 Å². The highest BCUT2D eigenvalue weighted by molar-refractivity contribution is 5.84. The number of aromatic nitrogens is 2. The first-order chi connectivity index (χ1) is 8.66. The first kappa shape index (κ1) is 12.3. The SMILES string of the molecule is CC(NCc1cccnn1)c1ccc(C(=O)O)o1. The quantitative estimate of drug-likeness (QED) is 0.834. The maximum absolute atomic E-state index is 10.7. The fourth-order valence-corrected chi connectivity index (χ4v) is 1.49. The van der Waals surface area contributed by atoms with Crippen LogP contribution in [0.2, 0.25) is 0 Å². The predicted molar refractivity (Wildman–Crippen MR) is 63.0 cm³/mol. The number of furan rings is 1. The molecule has 1 unspecified atom stereocenters. The zero-order valence-corrected chi connectivity index (χ0v) is 9.83. The molecule has 2 aromatic rings. The lowest BCUT2D eigenvalue weighted by Crippen LogP contribution is -2.18. The molecule has 1 atom stereocenters. The van der Waals surface area contributed by atoms with Gasteiger partial charge >= 0.3 is 5.97 Å². The Morgan fingerprint density at radius 2 is 2.33 bits per heavy atom. The van der Waals surface area contributed by atoms with E-state index in [1.54, 1.807) is 12.3 Å². The van der Waals surface area contributed by atoms with E-state index in [1.165, 1.54) is 6.07 Å². The molecule has 0 spiro atoms. The molecule has 0 radical (unpaired) electrons. The number of nitrogens with zero attached hydrogens (tertiary/aromatic N) is 2. The maximum atomic E-state index is 10.7. The topological polar surface area (TPSA) is 88.2 Å². The van der Waals surface area contributed by atoms with Gasteiger partial charge in [0, 0.05) is 12.7 Å². The minimum atomic E-state index is -1.07. The molecule has 6 nitrogen and oxygen atoms in total. The van der Waals surface area contributed by atoms with E-state index in [-0.39, 0.29) is 11.8 Å². The molecule has 0 aliphatic heterocycles. The second-order valence-electron chi connectivity index (χ2n) is 3.82. The van der Waals surface area contributed by atoms with Gasteiger partial charge in [0.05, 0.1) is 11.7 Å². The van der Waals surface area contributed by atoms with Crippen molar-refractivity contribution in [2.75, 3.05) is 0 Å². The Morgan fingerprint density at radius 1 is 1.50 bits per heavy atom. The van der Waals surface area contributed by atoms with Crippen LogP contribution < -0.4 is 5.32 Å². The Hall–Kier alpha value is -2.21. The highest BCUT2D eigenvalue weighted by Gasteiger charge is 2.13. The lowest BCUT2D eigenvalue weighted by Gasteiger charge is -2.10. The number of hydrogen-bond acceptors (Lipinski definition) is 5. The van der Waals surface area contributed by atoms with Crippen LogP contribution in [-0.4, -0.2) is 21.3 Å². The molecule has 0 amide bonds. The molecule has 0 aromatic carbocycles. The molecule has 6 heteroatoms. The van der Waals surface area contributed by atoms with Crippen LogP contribution in [-0.2, 0) is 6.54 Å². The minimum Gasteiger partial charge on any atom is -0.475 e. The molecule has 94 valence electrons. The molecule has 2 rings (SSSR count). The van der Waals surface area contributed by atoms with Crippen LogP contribution in [0.25, 0.3) is 0 Å². The molecular weight excluding hydrogens is 234 g/mol. The normalized spacial score (nSPS) is 12.3. The van der Waals surface area contributed by atoms with Crippen molar-refractivity contribution < 1.29 is 14.3 Å². The first-order valence-electron chi connectivity index (χ1n) is 5.50. The number of nitrogens with one attached hydrogen (secondary N) is 1. The molecule has 0 saturated heterocycles. The molecule has 0 bridgehead atoms. The molecule has 0 saturated carbocycles. The van der Waals surface area contributed by atoms with Crippen molar-refractivity contribution in [3.63, 3.8) is 0 Å². The highest BCUT2D eigenvalue weighted by atomic mass is 16.4. The third-order valence-corrected chi connectivity index (χ3v) is 2.48. The van der Waals surface area contributed by atoms with E-state index in [9.17, 15) is 4.79 Å².